The van der Waals surface area contributed by atoms with Gasteiger partial charge in [-0.15, -0.1) is 0 Å². The molecule has 0 spiro atoms. The second-order valence-electron chi connectivity index (χ2n) is 9.89. The molecule has 1 aliphatic heterocycles. The van der Waals surface area contributed by atoms with Crippen LogP contribution in [0.15, 0.2) is 42.1 Å². The van der Waals surface area contributed by atoms with Gasteiger partial charge in [-0.25, -0.2) is 4.79 Å². The van der Waals surface area contributed by atoms with E-state index in [9.17, 15) is 19.5 Å². The summed E-state index contributed by atoms with van der Waals surface area (Å²) in [5, 5.41) is 29.8. The van der Waals surface area contributed by atoms with Gasteiger partial charge in [0.1, 0.15) is 17.0 Å². The quantitative estimate of drug-likeness (QED) is 0.238. The van der Waals surface area contributed by atoms with Crippen molar-refractivity contribution in [3.8, 4) is 0 Å². The lowest BCUT2D eigenvalue weighted by atomic mass is 9.79. The van der Waals surface area contributed by atoms with Crippen LogP contribution in [-0.4, -0.2) is 52.8 Å². The Hall–Kier alpha value is -3.40. The molecule has 10 heteroatoms. The zero-order valence-electron chi connectivity index (χ0n) is 20.4. The van der Waals surface area contributed by atoms with Crippen molar-refractivity contribution >= 4 is 23.6 Å². The first-order valence-electron chi connectivity index (χ1n) is 12.7. The molecule has 36 heavy (non-hydrogen) atoms. The summed E-state index contributed by atoms with van der Waals surface area (Å²) in [4.78, 5) is 38.0. The van der Waals surface area contributed by atoms with Gasteiger partial charge in [0.25, 0.3) is 5.91 Å². The molecule has 2 fully saturated rings. The molecule has 2 aliphatic carbocycles. The monoisotopic (exact) mass is 497 g/mol. The first kappa shape index (κ1) is 25.7. The summed E-state index contributed by atoms with van der Waals surface area (Å²) >= 11 is 0. The molecule has 2 saturated carbocycles. The van der Waals surface area contributed by atoms with E-state index in [2.05, 4.69) is 21.3 Å². The number of ether oxygens (including phenoxy) is 1. The topological polar surface area (TPSA) is 153 Å². The SMILES string of the molecule is N=C(NC1NC(=O)C=C(COC2(C(=O)NC3(C(=O)O)CCCCC3)CCCCC2)N1)c1ccccc1. The second-order valence-corrected chi connectivity index (χ2v) is 9.89. The summed E-state index contributed by atoms with van der Waals surface area (Å²) in [6.07, 6.45) is 7.55. The number of amides is 2. The molecule has 10 nitrogen and oxygen atoms in total. The van der Waals surface area contributed by atoms with Crippen molar-refractivity contribution in [2.75, 3.05) is 6.61 Å². The van der Waals surface area contributed by atoms with Gasteiger partial charge in [0, 0.05) is 17.3 Å². The maximum Gasteiger partial charge on any atom is 0.329 e. The Balaban J connectivity index is 1.42. The summed E-state index contributed by atoms with van der Waals surface area (Å²) in [5.74, 6) is -1.58. The maximum absolute atomic E-state index is 13.5. The summed E-state index contributed by atoms with van der Waals surface area (Å²) in [6, 6.07) is 9.10. The third kappa shape index (κ3) is 5.87. The van der Waals surface area contributed by atoms with E-state index in [1.54, 1.807) is 12.1 Å². The highest BCUT2D eigenvalue weighted by Gasteiger charge is 2.48. The summed E-state index contributed by atoms with van der Waals surface area (Å²) in [6.45, 7) is -0.0161. The highest BCUT2D eigenvalue weighted by atomic mass is 16.5. The molecule has 1 unspecified atom stereocenters. The number of carboxylic acids is 1. The molecular weight excluding hydrogens is 462 g/mol. The fraction of sp³-hybridized carbons (Fsp3) is 0.538. The molecule has 194 valence electrons. The van der Waals surface area contributed by atoms with E-state index in [1.165, 1.54) is 6.08 Å². The van der Waals surface area contributed by atoms with E-state index in [4.69, 9.17) is 10.1 Å². The molecule has 1 aromatic rings. The van der Waals surface area contributed by atoms with E-state index in [1.807, 2.05) is 18.2 Å². The minimum absolute atomic E-state index is 0.0161. The number of carbonyl (C=O) groups excluding carboxylic acids is 2. The predicted molar refractivity (Wildman–Crippen MR) is 133 cm³/mol. The fourth-order valence-electron chi connectivity index (χ4n) is 5.25. The maximum atomic E-state index is 13.5. The van der Waals surface area contributed by atoms with Crippen molar-refractivity contribution in [3.05, 3.63) is 47.7 Å². The number of benzene rings is 1. The number of aliphatic carboxylic acids is 1. The lowest BCUT2D eigenvalue weighted by molar-refractivity contribution is -0.160. The lowest BCUT2D eigenvalue weighted by Gasteiger charge is -2.41. The molecule has 2 amide bonds. The minimum atomic E-state index is -1.25. The highest BCUT2D eigenvalue weighted by Crippen LogP contribution is 2.35. The van der Waals surface area contributed by atoms with E-state index in [0.717, 1.165) is 38.5 Å². The highest BCUT2D eigenvalue weighted by molar-refractivity contribution is 5.97. The van der Waals surface area contributed by atoms with Gasteiger partial charge in [-0.2, -0.15) is 0 Å². The summed E-state index contributed by atoms with van der Waals surface area (Å²) in [5.41, 5.74) is -1.25. The first-order valence-corrected chi connectivity index (χ1v) is 12.7. The fourth-order valence-corrected chi connectivity index (χ4v) is 5.25. The Labute approximate surface area is 210 Å². The van der Waals surface area contributed by atoms with Crippen molar-refractivity contribution < 1.29 is 24.2 Å². The van der Waals surface area contributed by atoms with Crippen molar-refractivity contribution in [2.24, 2.45) is 0 Å². The average Bonchev–Trinajstić information content (AvgIpc) is 2.88. The van der Waals surface area contributed by atoms with Crippen LogP contribution in [0, 0.1) is 5.41 Å². The number of nitrogens with one attached hydrogen (secondary N) is 5. The van der Waals surface area contributed by atoms with Crippen LogP contribution >= 0.6 is 0 Å². The van der Waals surface area contributed by atoms with Crippen LogP contribution in [0.2, 0.25) is 0 Å². The summed E-state index contributed by atoms with van der Waals surface area (Å²) in [7, 11) is 0. The van der Waals surface area contributed by atoms with Gasteiger partial charge in [-0.3, -0.25) is 15.0 Å². The molecule has 3 aliphatic rings. The molecule has 1 aromatic carbocycles. The van der Waals surface area contributed by atoms with Crippen LogP contribution in [-0.2, 0) is 19.1 Å². The molecule has 0 radical (unpaired) electrons. The van der Waals surface area contributed by atoms with Gasteiger partial charge < -0.3 is 31.1 Å². The van der Waals surface area contributed by atoms with E-state index in [0.29, 0.717) is 36.9 Å². The van der Waals surface area contributed by atoms with Gasteiger partial charge >= 0.3 is 5.97 Å². The Morgan fingerprint density at radius 2 is 1.64 bits per heavy atom. The van der Waals surface area contributed by atoms with Crippen molar-refractivity contribution in [3.63, 3.8) is 0 Å². The van der Waals surface area contributed by atoms with Crippen LogP contribution < -0.4 is 21.3 Å². The third-order valence-electron chi connectivity index (χ3n) is 7.32. The average molecular weight is 498 g/mol. The number of amidine groups is 1. The van der Waals surface area contributed by atoms with E-state index >= 15 is 0 Å². The van der Waals surface area contributed by atoms with Crippen LogP contribution in [0.25, 0.3) is 0 Å². The molecule has 0 aromatic heterocycles. The van der Waals surface area contributed by atoms with Gasteiger partial charge in [-0.1, -0.05) is 68.9 Å². The number of carbonyl (C=O) groups is 3. The molecule has 0 bridgehead atoms. The number of hydrogen-bond acceptors (Lipinski definition) is 6. The van der Waals surface area contributed by atoms with Gasteiger partial charge in [0.15, 0.2) is 6.29 Å². The van der Waals surface area contributed by atoms with Gasteiger partial charge in [0.05, 0.1) is 6.61 Å². The lowest BCUT2D eigenvalue weighted by Crippen LogP contribution is -2.62. The van der Waals surface area contributed by atoms with E-state index in [-0.39, 0.29) is 24.3 Å². The molecule has 1 heterocycles. The number of rotatable bonds is 8. The van der Waals surface area contributed by atoms with Gasteiger partial charge in [-0.05, 0) is 25.7 Å². The molecular formula is C26H35N5O5. The Morgan fingerprint density at radius 3 is 2.28 bits per heavy atom. The van der Waals surface area contributed by atoms with E-state index < -0.39 is 23.4 Å². The van der Waals surface area contributed by atoms with Crippen molar-refractivity contribution in [1.29, 1.82) is 5.41 Å². The molecule has 0 saturated heterocycles. The van der Waals surface area contributed by atoms with Crippen molar-refractivity contribution in [1.82, 2.24) is 21.3 Å². The second kappa shape index (κ2) is 11.1. The molecule has 6 N–H and O–H groups in total. The zero-order chi connectivity index (χ0) is 25.6. The predicted octanol–water partition coefficient (Wildman–Crippen LogP) is 2.11. The van der Waals surface area contributed by atoms with Gasteiger partial charge in [0.2, 0.25) is 5.91 Å². The van der Waals surface area contributed by atoms with Crippen LogP contribution in [0.4, 0.5) is 0 Å². The molecule has 4 rings (SSSR count). The normalized spacial score (nSPS) is 22.8. The standard InChI is InChI=1S/C26H35N5O5/c27-21(18-10-4-1-5-11-18)30-24-28-19(16-20(32)29-24)17-36-26(14-8-3-9-15-26)22(33)31-25(23(34)35)12-6-2-7-13-25/h1,4-5,10-11,16,24,28H,2-3,6-9,12-15,17H2,(H2,27,30)(H,29,32)(H,31,33)(H,34,35). The minimum Gasteiger partial charge on any atom is -0.480 e. The Morgan fingerprint density at radius 1 is 1.00 bits per heavy atom. The largest absolute Gasteiger partial charge is 0.480 e. The van der Waals surface area contributed by atoms with Crippen LogP contribution in [0.3, 0.4) is 0 Å². The number of carboxylic acid groups (broad SMARTS) is 1. The number of hydrogen-bond donors (Lipinski definition) is 6. The van der Waals surface area contributed by atoms with Crippen LogP contribution in [0.1, 0.15) is 69.8 Å². The molecule has 1 atom stereocenters. The smallest absolute Gasteiger partial charge is 0.329 e. The van der Waals surface area contributed by atoms with Crippen molar-refractivity contribution in [2.45, 2.75) is 81.6 Å². The Bertz CT molecular complexity index is 1010. The van der Waals surface area contributed by atoms with Crippen LogP contribution in [0.5, 0.6) is 0 Å². The first-order chi connectivity index (χ1) is 17.3. The summed E-state index contributed by atoms with van der Waals surface area (Å²) < 4.78 is 6.23. The Kier molecular flexibility index (Phi) is 7.93. The third-order valence-corrected chi connectivity index (χ3v) is 7.32. The zero-order valence-corrected chi connectivity index (χ0v) is 20.4.